The first-order chi connectivity index (χ1) is 6.47. The normalized spacial score (nSPS) is 25.3. The summed E-state index contributed by atoms with van der Waals surface area (Å²) in [5.41, 5.74) is 0.320. The van der Waals surface area contributed by atoms with Gasteiger partial charge in [0.25, 0.3) is 0 Å². The molecule has 1 N–H and O–H groups in total. The highest BCUT2D eigenvalue weighted by atomic mass is 35.5. The minimum absolute atomic E-state index is 0.232. The molecular weight excluding hydrogens is 198 g/mol. The zero-order valence-electron chi connectivity index (χ0n) is 9.48. The molecule has 0 aromatic rings. The number of alkyl halides is 1. The van der Waals surface area contributed by atoms with Gasteiger partial charge >= 0.3 is 0 Å². The van der Waals surface area contributed by atoms with E-state index >= 15 is 0 Å². The van der Waals surface area contributed by atoms with E-state index in [0.29, 0.717) is 11.5 Å². The van der Waals surface area contributed by atoms with E-state index in [9.17, 15) is 0 Å². The molecule has 0 spiro atoms. The van der Waals surface area contributed by atoms with Crippen LogP contribution in [0.15, 0.2) is 0 Å². The predicted molar refractivity (Wildman–Crippen MR) is 60.9 cm³/mol. The smallest absolute Gasteiger partial charge is 0.0620 e. The van der Waals surface area contributed by atoms with Gasteiger partial charge in [-0.2, -0.15) is 0 Å². The fourth-order valence-electron chi connectivity index (χ4n) is 1.73. The van der Waals surface area contributed by atoms with Gasteiger partial charge < -0.3 is 10.1 Å². The molecule has 0 aromatic carbocycles. The van der Waals surface area contributed by atoms with Crippen LogP contribution in [-0.2, 0) is 4.74 Å². The van der Waals surface area contributed by atoms with Crippen LogP contribution in [0.2, 0.25) is 0 Å². The molecule has 0 amide bonds. The number of hydrogen-bond acceptors (Lipinski definition) is 2. The maximum Gasteiger partial charge on any atom is 0.0620 e. The lowest BCUT2D eigenvalue weighted by Gasteiger charge is -2.23. The summed E-state index contributed by atoms with van der Waals surface area (Å²) in [5.74, 6) is 0. The quantitative estimate of drug-likeness (QED) is 0.734. The van der Waals surface area contributed by atoms with E-state index < -0.39 is 0 Å². The van der Waals surface area contributed by atoms with E-state index in [4.69, 9.17) is 16.3 Å². The number of rotatable bonds is 4. The first-order valence-electron chi connectivity index (χ1n) is 5.42. The van der Waals surface area contributed by atoms with Crippen LogP contribution in [0.1, 0.15) is 33.6 Å². The van der Waals surface area contributed by atoms with Crippen LogP contribution in [0.25, 0.3) is 0 Å². The summed E-state index contributed by atoms with van der Waals surface area (Å²) in [6.45, 7) is 9.30. The summed E-state index contributed by atoms with van der Waals surface area (Å²) in [5, 5.41) is 3.68. The van der Waals surface area contributed by atoms with Crippen molar-refractivity contribution >= 4 is 11.6 Å². The molecule has 2 atom stereocenters. The molecule has 1 saturated heterocycles. The Bertz CT molecular complexity index is 161. The Morgan fingerprint density at radius 1 is 1.50 bits per heavy atom. The van der Waals surface area contributed by atoms with Crippen molar-refractivity contribution in [3.05, 3.63) is 0 Å². The molecule has 3 heteroatoms. The summed E-state index contributed by atoms with van der Waals surface area (Å²) in [6.07, 6.45) is 2.17. The van der Waals surface area contributed by atoms with Crippen LogP contribution in [0, 0.1) is 5.41 Å². The minimum atomic E-state index is 0.232. The Morgan fingerprint density at radius 2 is 2.21 bits per heavy atom. The van der Waals surface area contributed by atoms with Gasteiger partial charge in [-0.15, -0.1) is 11.6 Å². The number of nitrogens with one attached hydrogen (secondary N) is 1. The first kappa shape index (κ1) is 12.3. The Kier molecular flexibility index (Phi) is 4.68. The fourth-order valence-corrected chi connectivity index (χ4v) is 2.28. The Morgan fingerprint density at radius 3 is 2.71 bits per heavy atom. The van der Waals surface area contributed by atoms with Crippen molar-refractivity contribution in [3.8, 4) is 0 Å². The lowest BCUT2D eigenvalue weighted by molar-refractivity contribution is 0.189. The Balaban J connectivity index is 2.11. The van der Waals surface area contributed by atoms with Crippen LogP contribution in [-0.4, -0.2) is 31.2 Å². The van der Waals surface area contributed by atoms with Crippen LogP contribution in [0.5, 0.6) is 0 Å². The highest BCUT2D eigenvalue weighted by molar-refractivity contribution is 6.20. The maximum atomic E-state index is 6.24. The molecular formula is C11H22ClNO. The maximum absolute atomic E-state index is 6.24. The van der Waals surface area contributed by atoms with Gasteiger partial charge in [0.15, 0.2) is 0 Å². The Labute approximate surface area is 92.3 Å². The lowest BCUT2D eigenvalue weighted by atomic mass is 9.90. The third-order valence-corrected chi connectivity index (χ3v) is 2.70. The molecule has 0 aliphatic carbocycles. The van der Waals surface area contributed by atoms with Crippen molar-refractivity contribution < 1.29 is 4.74 Å². The second-order valence-electron chi connectivity index (χ2n) is 5.33. The molecule has 2 nitrogen and oxygen atoms in total. The van der Waals surface area contributed by atoms with Gasteiger partial charge in [0.2, 0.25) is 0 Å². The van der Waals surface area contributed by atoms with Gasteiger partial charge in [-0.1, -0.05) is 20.8 Å². The molecule has 0 radical (unpaired) electrons. The highest BCUT2D eigenvalue weighted by Gasteiger charge is 2.19. The van der Waals surface area contributed by atoms with Gasteiger partial charge in [0.05, 0.1) is 6.61 Å². The second-order valence-corrected chi connectivity index (χ2v) is 5.95. The minimum Gasteiger partial charge on any atom is -0.380 e. The molecule has 1 fully saturated rings. The highest BCUT2D eigenvalue weighted by Crippen LogP contribution is 2.23. The zero-order chi connectivity index (χ0) is 10.6. The van der Waals surface area contributed by atoms with E-state index in [-0.39, 0.29) is 5.38 Å². The molecule has 0 aromatic heterocycles. The van der Waals surface area contributed by atoms with E-state index in [1.165, 1.54) is 0 Å². The molecule has 2 unspecified atom stereocenters. The summed E-state index contributed by atoms with van der Waals surface area (Å²) in [7, 11) is 0. The average molecular weight is 220 g/mol. The molecule has 1 aliphatic rings. The monoisotopic (exact) mass is 219 g/mol. The van der Waals surface area contributed by atoms with Crippen LogP contribution < -0.4 is 5.32 Å². The van der Waals surface area contributed by atoms with Crippen LogP contribution in [0.3, 0.4) is 0 Å². The SMILES string of the molecule is CC(C)(C)CC(Cl)CNC1CCOC1. The number of halogens is 1. The van der Waals surface area contributed by atoms with Crippen molar-refractivity contribution in [1.82, 2.24) is 5.32 Å². The third kappa shape index (κ3) is 5.18. The zero-order valence-corrected chi connectivity index (χ0v) is 10.2. The van der Waals surface area contributed by atoms with Crippen molar-refractivity contribution in [2.45, 2.75) is 45.0 Å². The standard InChI is InChI=1S/C11H22ClNO/c1-11(2,3)6-9(12)7-13-10-4-5-14-8-10/h9-10,13H,4-8H2,1-3H3. The number of hydrogen-bond donors (Lipinski definition) is 1. The van der Waals surface area contributed by atoms with Crippen molar-refractivity contribution in [1.29, 1.82) is 0 Å². The lowest BCUT2D eigenvalue weighted by Crippen LogP contribution is -2.35. The number of ether oxygens (including phenoxy) is 1. The van der Waals surface area contributed by atoms with Crippen molar-refractivity contribution in [3.63, 3.8) is 0 Å². The topological polar surface area (TPSA) is 21.3 Å². The molecule has 1 heterocycles. The summed E-state index contributed by atoms with van der Waals surface area (Å²) < 4.78 is 5.28. The van der Waals surface area contributed by atoms with Gasteiger partial charge in [-0.05, 0) is 18.3 Å². The van der Waals surface area contributed by atoms with Gasteiger partial charge in [0, 0.05) is 24.6 Å². The molecule has 0 saturated carbocycles. The Hall–Kier alpha value is 0.210. The fraction of sp³-hybridized carbons (Fsp3) is 1.00. The van der Waals surface area contributed by atoms with E-state index in [2.05, 4.69) is 26.1 Å². The summed E-state index contributed by atoms with van der Waals surface area (Å²) in [4.78, 5) is 0. The van der Waals surface area contributed by atoms with Gasteiger partial charge in [-0.25, -0.2) is 0 Å². The largest absolute Gasteiger partial charge is 0.380 e. The average Bonchev–Trinajstić information content (AvgIpc) is 2.49. The molecule has 84 valence electrons. The van der Waals surface area contributed by atoms with Gasteiger partial charge in [0.1, 0.15) is 0 Å². The van der Waals surface area contributed by atoms with Crippen LogP contribution in [0.4, 0.5) is 0 Å². The van der Waals surface area contributed by atoms with Crippen molar-refractivity contribution in [2.75, 3.05) is 19.8 Å². The summed E-state index contributed by atoms with van der Waals surface area (Å²) in [6, 6.07) is 0.524. The van der Waals surface area contributed by atoms with E-state index in [0.717, 1.165) is 32.6 Å². The molecule has 1 aliphatic heterocycles. The van der Waals surface area contributed by atoms with E-state index in [1.807, 2.05) is 0 Å². The third-order valence-electron chi connectivity index (χ3n) is 2.39. The second kappa shape index (κ2) is 5.34. The van der Waals surface area contributed by atoms with E-state index in [1.54, 1.807) is 0 Å². The predicted octanol–water partition coefficient (Wildman–Crippen LogP) is 2.41. The molecule has 0 bridgehead atoms. The van der Waals surface area contributed by atoms with Crippen LogP contribution >= 0.6 is 11.6 Å². The molecule has 14 heavy (non-hydrogen) atoms. The first-order valence-corrected chi connectivity index (χ1v) is 5.86. The van der Waals surface area contributed by atoms with Crippen molar-refractivity contribution in [2.24, 2.45) is 5.41 Å². The van der Waals surface area contributed by atoms with Gasteiger partial charge in [-0.3, -0.25) is 0 Å². The molecule has 1 rings (SSSR count). The summed E-state index contributed by atoms with van der Waals surface area (Å²) >= 11 is 6.24.